The van der Waals surface area contributed by atoms with Crippen molar-refractivity contribution >= 4 is 28.5 Å². The summed E-state index contributed by atoms with van der Waals surface area (Å²) in [5.41, 5.74) is 5.04. The van der Waals surface area contributed by atoms with Crippen LogP contribution < -0.4 is 4.90 Å². The predicted octanol–water partition coefficient (Wildman–Crippen LogP) is 5.31. The number of aromatic nitrogens is 2. The van der Waals surface area contributed by atoms with Crippen LogP contribution >= 0.6 is 0 Å². The van der Waals surface area contributed by atoms with Crippen molar-refractivity contribution in [2.45, 2.75) is 60.4 Å². The lowest BCUT2D eigenvalue weighted by molar-refractivity contribution is -0.132. The summed E-state index contributed by atoms with van der Waals surface area (Å²) in [4.78, 5) is 35.4. The highest BCUT2D eigenvalue weighted by atomic mass is 16.2. The molecule has 1 fully saturated rings. The summed E-state index contributed by atoms with van der Waals surface area (Å²) in [6.45, 7) is 15.0. The molecule has 0 N–H and O–H groups in total. The van der Waals surface area contributed by atoms with Gasteiger partial charge in [0.05, 0.1) is 11.0 Å². The van der Waals surface area contributed by atoms with Crippen LogP contribution in [-0.4, -0.2) is 45.9 Å². The molecule has 186 valence electrons. The van der Waals surface area contributed by atoms with Gasteiger partial charge in [-0.3, -0.25) is 9.59 Å². The minimum atomic E-state index is -0.0628. The third kappa shape index (κ3) is 5.58. The zero-order chi connectivity index (χ0) is 25.3. The number of rotatable bonds is 8. The van der Waals surface area contributed by atoms with Crippen LogP contribution in [0.25, 0.3) is 11.0 Å². The minimum Gasteiger partial charge on any atom is -0.341 e. The second-order valence-electron chi connectivity index (χ2n) is 10.9. The van der Waals surface area contributed by atoms with E-state index in [9.17, 15) is 9.59 Å². The van der Waals surface area contributed by atoms with Gasteiger partial charge in [-0.25, -0.2) is 4.98 Å². The van der Waals surface area contributed by atoms with Gasteiger partial charge in [0, 0.05) is 37.7 Å². The average molecular weight is 475 g/mol. The van der Waals surface area contributed by atoms with Crippen LogP contribution in [0.15, 0.2) is 42.5 Å². The molecule has 2 aromatic carbocycles. The lowest BCUT2D eigenvalue weighted by atomic mass is 10.1. The van der Waals surface area contributed by atoms with Crippen LogP contribution in [-0.2, 0) is 16.1 Å². The fourth-order valence-electron chi connectivity index (χ4n) is 5.20. The van der Waals surface area contributed by atoms with Crippen LogP contribution in [0.4, 0.5) is 5.69 Å². The summed E-state index contributed by atoms with van der Waals surface area (Å²) in [5, 5.41) is 0. The molecule has 0 radical (unpaired) electrons. The number of benzene rings is 2. The number of aryl methyl sites for hydroxylation is 2. The van der Waals surface area contributed by atoms with Crippen molar-refractivity contribution in [1.82, 2.24) is 14.5 Å². The molecule has 3 aromatic rings. The zero-order valence-corrected chi connectivity index (χ0v) is 21.9. The van der Waals surface area contributed by atoms with Gasteiger partial charge < -0.3 is 14.4 Å². The van der Waals surface area contributed by atoms with E-state index in [1.165, 1.54) is 0 Å². The topological polar surface area (TPSA) is 58.4 Å². The molecule has 6 heteroatoms. The highest BCUT2D eigenvalue weighted by molar-refractivity contribution is 5.96. The van der Waals surface area contributed by atoms with Gasteiger partial charge in [-0.2, -0.15) is 0 Å². The Hall–Kier alpha value is -3.15. The van der Waals surface area contributed by atoms with E-state index in [4.69, 9.17) is 4.98 Å². The fourth-order valence-corrected chi connectivity index (χ4v) is 5.20. The molecule has 1 aliphatic rings. The Balaban J connectivity index is 1.66. The molecule has 1 atom stereocenters. The monoisotopic (exact) mass is 474 g/mol. The summed E-state index contributed by atoms with van der Waals surface area (Å²) >= 11 is 0. The Morgan fingerprint density at radius 1 is 1.03 bits per heavy atom. The molecule has 1 aromatic heterocycles. The molecule has 0 spiro atoms. The highest BCUT2D eigenvalue weighted by Crippen LogP contribution is 2.34. The minimum absolute atomic E-state index is 0.0628. The van der Waals surface area contributed by atoms with Crippen LogP contribution in [0.5, 0.6) is 0 Å². The number of amides is 2. The molecule has 0 aliphatic carbocycles. The normalized spacial score (nSPS) is 16.2. The molecule has 0 saturated carbocycles. The van der Waals surface area contributed by atoms with Crippen LogP contribution in [0, 0.1) is 25.7 Å². The number of hydrogen-bond acceptors (Lipinski definition) is 3. The summed E-state index contributed by atoms with van der Waals surface area (Å²) in [6.07, 6.45) is 0.395. The first-order chi connectivity index (χ1) is 16.6. The van der Waals surface area contributed by atoms with Crippen molar-refractivity contribution in [1.29, 1.82) is 0 Å². The van der Waals surface area contributed by atoms with E-state index in [2.05, 4.69) is 59.7 Å². The Labute approximate surface area is 208 Å². The van der Waals surface area contributed by atoms with Gasteiger partial charge in [-0.1, -0.05) is 45.9 Å². The van der Waals surface area contributed by atoms with Crippen LogP contribution in [0.2, 0.25) is 0 Å². The van der Waals surface area contributed by atoms with Crippen molar-refractivity contribution in [2.24, 2.45) is 11.8 Å². The van der Waals surface area contributed by atoms with Gasteiger partial charge in [0.25, 0.3) is 0 Å². The number of nitrogens with zero attached hydrogens (tertiary/aromatic N) is 4. The molecule has 2 heterocycles. The Bertz CT molecular complexity index is 1200. The standard InChI is InChI=1S/C29H38N4O2/c1-19(2)15-31(16-20(3)4)28(35)18-33-26-10-8-7-9-25(26)30-29(33)23-14-27(34)32(17-23)24-12-21(5)11-22(6)13-24/h7-13,19-20,23H,14-18H2,1-6H3. The first kappa shape index (κ1) is 25.0. The van der Waals surface area contributed by atoms with Crippen LogP contribution in [0.3, 0.4) is 0 Å². The maximum Gasteiger partial charge on any atom is 0.242 e. The Kier molecular flexibility index (Phi) is 7.29. The van der Waals surface area contributed by atoms with E-state index in [0.29, 0.717) is 24.8 Å². The van der Waals surface area contributed by atoms with Gasteiger partial charge in [0.15, 0.2) is 0 Å². The fraction of sp³-hybridized carbons (Fsp3) is 0.483. The second kappa shape index (κ2) is 10.2. The van der Waals surface area contributed by atoms with Crippen molar-refractivity contribution in [2.75, 3.05) is 24.5 Å². The molecule has 35 heavy (non-hydrogen) atoms. The smallest absolute Gasteiger partial charge is 0.242 e. The molecule has 6 nitrogen and oxygen atoms in total. The molecule has 2 amide bonds. The average Bonchev–Trinajstić information content (AvgIpc) is 3.32. The first-order valence-electron chi connectivity index (χ1n) is 12.7. The SMILES string of the molecule is Cc1cc(C)cc(N2CC(c3nc4ccccc4n3CC(=O)N(CC(C)C)CC(C)C)CC2=O)c1. The Morgan fingerprint density at radius 2 is 1.66 bits per heavy atom. The van der Waals surface area contributed by atoms with Crippen molar-refractivity contribution in [3.63, 3.8) is 0 Å². The van der Waals surface area contributed by atoms with E-state index < -0.39 is 0 Å². The zero-order valence-electron chi connectivity index (χ0n) is 21.9. The predicted molar refractivity (Wildman–Crippen MR) is 142 cm³/mol. The number of hydrogen-bond donors (Lipinski definition) is 0. The molecule has 1 aliphatic heterocycles. The quantitative estimate of drug-likeness (QED) is 0.444. The molecular weight excluding hydrogens is 436 g/mol. The highest BCUT2D eigenvalue weighted by Gasteiger charge is 2.35. The number of carbonyl (C=O) groups is 2. The van der Waals surface area contributed by atoms with E-state index >= 15 is 0 Å². The van der Waals surface area contributed by atoms with Crippen molar-refractivity contribution in [3.8, 4) is 0 Å². The van der Waals surface area contributed by atoms with Crippen molar-refractivity contribution in [3.05, 3.63) is 59.4 Å². The number of anilines is 1. The third-order valence-corrected chi connectivity index (χ3v) is 6.51. The van der Waals surface area contributed by atoms with E-state index in [0.717, 1.165) is 46.8 Å². The van der Waals surface area contributed by atoms with Gasteiger partial charge in [-0.15, -0.1) is 0 Å². The lowest BCUT2D eigenvalue weighted by Gasteiger charge is -2.27. The number of imidazole rings is 1. The summed E-state index contributed by atoms with van der Waals surface area (Å²) in [7, 11) is 0. The molecule has 0 bridgehead atoms. The van der Waals surface area contributed by atoms with Gasteiger partial charge >= 0.3 is 0 Å². The van der Waals surface area contributed by atoms with E-state index in [1.807, 2.05) is 38.6 Å². The third-order valence-electron chi connectivity index (χ3n) is 6.51. The summed E-state index contributed by atoms with van der Waals surface area (Å²) in [6, 6.07) is 14.2. The van der Waals surface area contributed by atoms with Gasteiger partial charge in [0.2, 0.25) is 11.8 Å². The summed E-state index contributed by atoms with van der Waals surface area (Å²) in [5.74, 6) is 1.77. The van der Waals surface area contributed by atoms with Gasteiger partial charge in [-0.05, 0) is 61.1 Å². The number of fused-ring (bicyclic) bond motifs is 1. The maximum absolute atomic E-state index is 13.5. The number of carbonyl (C=O) groups excluding carboxylic acids is 2. The maximum atomic E-state index is 13.5. The van der Waals surface area contributed by atoms with Crippen LogP contribution in [0.1, 0.15) is 57.0 Å². The first-order valence-corrected chi connectivity index (χ1v) is 12.7. The van der Waals surface area contributed by atoms with Crippen molar-refractivity contribution < 1.29 is 9.59 Å². The molecule has 1 saturated heterocycles. The largest absolute Gasteiger partial charge is 0.341 e. The lowest BCUT2D eigenvalue weighted by Crippen LogP contribution is -2.39. The summed E-state index contributed by atoms with van der Waals surface area (Å²) < 4.78 is 2.05. The Morgan fingerprint density at radius 3 is 2.29 bits per heavy atom. The van der Waals surface area contributed by atoms with E-state index in [1.54, 1.807) is 0 Å². The second-order valence-corrected chi connectivity index (χ2v) is 10.9. The van der Waals surface area contributed by atoms with E-state index in [-0.39, 0.29) is 24.3 Å². The molecular formula is C29H38N4O2. The number of para-hydroxylation sites is 2. The molecule has 1 unspecified atom stereocenters. The molecule has 4 rings (SSSR count). The van der Waals surface area contributed by atoms with Gasteiger partial charge in [0.1, 0.15) is 12.4 Å².